The molecule has 0 aliphatic carbocycles. The second-order valence-electron chi connectivity index (χ2n) is 8.29. The lowest BCUT2D eigenvalue weighted by molar-refractivity contribution is -0.208. The number of hydrogen-bond acceptors (Lipinski definition) is 5. The first-order chi connectivity index (χ1) is 16.3. The largest absolute Gasteiger partial charge is 0.374 e. The van der Waals surface area contributed by atoms with Gasteiger partial charge in [-0.3, -0.25) is 0 Å². The smallest absolute Gasteiger partial charge is 0.114 e. The Morgan fingerprint density at radius 3 is 1.70 bits per heavy atom. The van der Waals surface area contributed by atoms with Crippen molar-refractivity contribution in [3.05, 3.63) is 108 Å². The Balaban J connectivity index is 1.45. The van der Waals surface area contributed by atoms with E-state index >= 15 is 0 Å². The summed E-state index contributed by atoms with van der Waals surface area (Å²) in [4.78, 5) is 0. The zero-order valence-electron chi connectivity index (χ0n) is 19.1. The Labute approximate surface area is 196 Å². The van der Waals surface area contributed by atoms with E-state index < -0.39 is 0 Å². The molecule has 0 bridgehead atoms. The summed E-state index contributed by atoms with van der Waals surface area (Å²) in [6.45, 7) is 2.53. The first-order valence-electron chi connectivity index (χ1n) is 11.5. The molecule has 3 aromatic carbocycles. The van der Waals surface area contributed by atoms with Crippen molar-refractivity contribution in [1.82, 2.24) is 5.32 Å². The van der Waals surface area contributed by atoms with E-state index in [-0.39, 0.29) is 24.4 Å². The van der Waals surface area contributed by atoms with Crippen LogP contribution in [-0.2, 0) is 38.8 Å². The quantitative estimate of drug-likeness (QED) is 0.473. The lowest BCUT2D eigenvalue weighted by Crippen LogP contribution is -2.60. The van der Waals surface area contributed by atoms with Crippen LogP contribution in [0.2, 0.25) is 0 Å². The molecular formula is C28H33NO4. The Hall–Kier alpha value is -2.54. The highest BCUT2D eigenvalue weighted by Crippen LogP contribution is 2.24. The maximum absolute atomic E-state index is 6.45. The molecule has 0 radical (unpaired) electrons. The average molecular weight is 448 g/mol. The third kappa shape index (κ3) is 6.97. The molecule has 4 unspecified atom stereocenters. The van der Waals surface area contributed by atoms with E-state index in [1.807, 2.05) is 61.6 Å². The standard InChI is InChI=1S/C28H33NO4/c1-29-25-20-31-26(21-30-17-22-11-5-2-6-12-22)28(33-19-24-15-9-4-10-16-24)27(25)32-18-23-13-7-3-8-14-23/h2-16,25-29H,17-21H2,1H3. The first kappa shape index (κ1) is 23.6. The normalized spacial score (nSPS) is 22.8. The molecule has 1 aliphatic heterocycles. The van der Waals surface area contributed by atoms with Gasteiger partial charge in [-0.2, -0.15) is 0 Å². The van der Waals surface area contributed by atoms with Crippen LogP contribution < -0.4 is 5.32 Å². The van der Waals surface area contributed by atoms with Gasteiger partial charge in [-0.15, -0.1) is 0 Å². The van der Waals surface area contributed by atoms with E-state index in [1.165, 1.54) is 0 Å². The Morgan fingerprint density at radius 2 is 1.18 bits per heavy atom. The number of rotatable bonds is 11. The Bertz CT molecular complexity index is 922. The highest BCUT2D eigenvalue weighted by molar-refractivity contribution is 5.15. The summed E-state index contributed by atoms with van der Waals surface area (Å²) in [5, 5.41) is 3.35. The molecule has 33 heavy (non-hydrogen) atoms. The number of likely N-dealkylation sites (N-methyl/N-ethyl adjacent to an activating group) is 1. The van der Waals surface area contributed by atoms with Gasteiger partial charge in [-0.1, -0.05) is 91.0 Å². The van der Waals surface area contributed by atoms with Gasteiger partial charge in [0.05, 0.1) is 39.1 Å². The first-order valence-corrected chi connectivity index (χ1v) is 11.5. The molecule has 1 saturated heterocycles. The fourth-order valence-electron chi connectivity index (χ4n) is 4.06. The second kappa shape index (κ2) is 12.6. The van der Waals surface area contributed by atoms with E-state index in [2.05, 4.69) is 41.7 Å². The van der Waals surface area contributed by atoms with Gasteiger partial charge in [0.15, 0.2) is 0 Å². The van der Waals surface area contributed by atoms with Crippen molar-refractivity contribution in [1.29, 1.82) is 0 Å². The van der Waals surface area contributed by atoms with Crippen LogP contribution in [-0.4, -0.2) is 44.6 Å². The minimum absolute atomic E-state index is 0.0276. The second-order valence-corrected chi connectivity index (χ2v) is 8.29. The van der Waals surface area contributed by atoms with Crippen LogP contribution in [0.1, 0.15) is 16.7 Å². The maximum Gasteiger partial charge on any atom is 0.114 e. The predicted octanol–water partition coefficient (Wildman–Crippen LogP) is 4.36. The average Bonchev–Trinajstić information content (AvgIpc) is 2.88. The molecule has 1 N–H and O–H groups in total. The minimum Gasteiger partial charge on any atom is -0.374 e. The molecule has 1 fully saturated rings. The number of hydrogen-bond donors (Lipinski definition) is 1. The highest BCUT2D eigenvalue weighted by Gasteiger charge is 2.41. The third-order valence-corrected chi connectivity index (χ3v) is 5.91. The zero-order chi connectivity index (χ0) is 22.7. The molecule has 4 atom stereocenters. The number of nitrogens with one attached hydrogen (secondary N) is 1. The van der Waals surface area contributed by atoms with Crippen molar-refractivity contribution in [2.24, 2.45) is 0 Å². The molecule has 0 spiro atoms. The maximum atomic E-state index is 6.45. The molecule has 0 saturated carbocycles. The van der Waals surface area contributed by atoms with E-state index in [4.69, 9.17) is 18.9 Å². The SMILES string of the molecule is CNC1COC(COCc2ccccc2)C(OCc2ccccc2)C1OCc1ccccc1. The van der Waals surface area contributed by atoms with Crippen LogP contribution in [0.5, 0.6) is 0 Å². The van der Waals surface area contributed by atoms with Gasteiger partial charge in [-0.05, 0) is 23.7 Å². The molecule has 0 amide bonds. The van der Waals surface area contributed by atoms with E-state index in [1.54, 1.807) is 0 Å². The molecule has 4 rings (SSSR count). The summed E-state index contributed by atoms with van der Waals surface area (Å²) >= 11 is 0. The molecule has 0 aromatic heterocycles. The molecular weight excluding hydrogens is 414 g/mol. The van der Waals surface area contributed by atoms with Gasteiger partial charge in [0.2, 0.25) is 0 Å². The van der Waals surface area contributed by atoms with Gasteiger partial charge in [0.25, 0.3) is 0 Å². The number of benzene rings is 3. The molecule has 1 aliphatic rings. The lowest BCUT2D eigenvalue weighted by Gasteiger charge is -2.42. The summed E-state index contributed by atoms with van der Waals surface area (Å²) in [5.74, 6) is 0. The summed E-state index contributed by atoms with van der Waals surface area (Å²) < 4.78 is 25.1. The van der Waals surface area contributed by atoms with Gasteiger partial charge in [0.1, 0.15) is 18.3 Å². The van der Waals surface area contributed by atoms with Gasteiger partial charge >= 0.3 is 0 Å². The van der Waals surface area contributed by atoms with Crippen LogP contribution in [0, 0.1) is 0 Å². The van der Waals surface area contributed by atoms with Crippen molar-refractivity contribution in [3.8, 4) is 0 Å². The Kier molecular flexibility index (Phi) is 9.04. The summed E-state index contributed by atoms with van der Waals surface area (Å²) in [6, 6.07) is 30.6. The van der Waals surface area contributed by atoms with Crippen molar-refractivity contribution >= 4 is 0 Å². The van der Waals surface area contributed by atoms with Crippen LogP contribution in [0.15, 0.2) is 91.0 Å². The lowest BCUT2D eigenvalue weighted by atomic mass is 9.97. The fourth-order valence-corrected chi connectivity index (χ4v) is 4.06. The Morgan fingerprint density at radius 1 is 0.697 bits per heavy atom. The van der Waals surface area contributed by atoms with Gasteiger partial charge < -0.3 is 24.3 Å². The molecule has 5 nitrogen and oxygen atoms in total. The van der Waals surface area contributed by atoms with Crippen molar-refractivity contribution in [2.45, 2.75) is 44.2 Å². The van der Waals surface area contributed by atoms with E-state index in [0.717, 1.165) is 16.7 Å². The summed E-state index contributed by atoms with van der Waals surface area (Å²) in [6.07, 6.45) is -0.656. The topological polar surface area (TPSA) is 49.0 Å². The van der Waals surface area contributed by atoms with Crippen LogP contribution in [0.4, 0.5) is 0 Å². The summed E-state index contributed by atoms with van der Waals surface area (Å²) in [7, 11) is 1.94. The minimum atomic E-state index is -0.268. The van der Waals surface area contributed by atoms with Gasteiger partial charge in [-0.25, -0.2) is 0 Å². The molecule has 3 aromatic rings. The van der Waals surface area contributed by atoms with Gasteiger partial charge in [0, 0.05) is 0 Å². The van der Waals surface area contributed by atoms with Crippen molar-refractivity contribution in [3.63, 3.8) is 0 Å². The highest BCUT2D eigenvalue weighted by atomic mass is 16.6. The molecule has 5 heteroatoms. The van der Waals surface area contributed by atoms with Crippen LogP contribution >= 0.6 is 0 Å². The monoisotopic (exact) mass is 447 g/mol. The van der Waals surface area contributed by atoms with Crippen LogP contribution in [0.25, 0.3) is 0 Å². The van der Waals surface area contributed by atoms with Crippen LogP contribution in [0.3, 0.4) is 0 Å². The molecule has 1 heterocycles. The zero-order valence-corrected chi connectivity index (χ0v) is 19.1. The predicted molar refractivity (Wildman–Crippen MR) is 129 cm³/mol. The summed E-state index contributed by atoms with van der Waals surface area (Å²) in [5.41, 5.74) is 3.40. The fraction of sp³-hybridized carbons (Fsp3) is 0.357. The van der Waals surface area contributed by atoms with E-state index in [9.17, 15) is 0 Å². The van der Waals surface area contributed by atoms with Crippen molar-refractivity contribution < 1.29 is 18.9 Å². The van der Waals surface area contributed by atoms with Crippen molar-refractivity contribution in [2.75, 3.05) is 20.3 Å². The molecule has 174 valence electrons. The number of ether oxygens (including phenoxy) is 4. The third-order valence-electron chi connectivity index (χ3n) is 5.91. The van der Waals surface area contributed by atoms with E-state index in [0.29, 0.717) is 33.0 Å².